The minimum absolute atomic E-state index is 0.109. The molecule has 0 aliphatic heterocycles. The van der Waals surface area contributed by atoms with Crippen LogP contribution >= 0.6 is 0 Å². The molecule has 0 spiro atoms. The number of rotatable bonds is 7. The predicted molar refractivity (Wildman–Crippen MR) is 98.4 cm³/mol. The van der Waals surface area contributed by atoms with Crippen LogP contribution in [-0.4, -0.2) is 47.4 Å². The van der Waals surface area contributed by atoms with Gasteiger partial charge in [-0.3, -0.25) is 4.79 Å². The van der Waals surface area contributed by atoms with Crippen LogP contribution in [0.25, 0.3) is 0 Å². The van der Waals surface area contributed by atoms with Gasteiger partial charge in [0, 0.05) is 12.1 Å². The topological polar surface area (TPSA) is 92.3 Å². The molecule has 0 bridgehead atoms. The van der Waals surface area contributed by atoms with E-state index in [9.17, 15) is 9.59 Å². The second-order valence-electron chi connectivity index (χ2n) is 5.24. The zero-order chi connectivity index (χ0) is 20.0. The van der Waals surface area contributed by atoms with E-state index in [1.165, 1.54) is 47.7 Å². The quantitative estimate of drug-likeness (QED) is 0.744. The third kappa shape index (κ3) is 4.05. The van der Waals surface area contributed by atoms with Gasteiger partial charge in [-0.15, -0.1) is 0 Å². The summed E-state index contributed by atoms with van der Waals surface area (Å²) in [6.45, 7) is 0. The number of anilines is 1. The molecule has 1 amide bonds. The first-order valence-corrected chi connectivity index (χ1v) is 7.87. The Bertz CT molecular complexity index is 826. The number of hydrogen-bond donors (Lipinski definition) is 1. The molecule has 8 nitrogen and oxygen atoms in total. The molecule has 0 fully saturated rings. The van der Waals surface area contributed by atoms with Gasteiger partial charge < -0.3 is 29.0 Å². The maximum Gasteiger partial charge on any atom is 0.340 e. The van der Waals surface area contributed by atoms with Crippen molar-refractivity contribution in [3.8, 4) is 23.0 Å². The molecular weight excluding hydrogens is 354 g/mol. The summed E-state index contributed by atoms with van der Waals surface area (Å²) in [6.07, 6.45) is 0. The Morgan fingerprint density at radius 3 is 1.78 bits per heavy atom. The lowest BCUT2D eigenvalue weighted by molar-refractivity contribution is 0.0601. The van der Waals surface area contributed by atoms with E-state index in [0.717, 1.165) is 0 Å². The van der Waals surface area contributed by atoms with E-state index in [0.29, 0.717) is 23.0 Å². The van der Waals surface area contributed by atoms with Crippen molar-refractivity contribution in [2.75, 3.05) is 40.9 Å². The highest BCUT2D eigenvalue weighted by atomic mass is 16.5. The summed E-state index contributed by atoms with van der Waals surface area (Å²) in [5.41, 5.74) is 0.489. The van der Waals surface area contributed by atoms with Crippen molar-refractivity contribution in [3.63, 3.8) is 0 Å². The first-order chi connectivity index (χ1) is 13.0. The Hall–Kier alpha value is -3.42. The van der Waals surface area contributed by atoms with Crippen LogP contribution in [0.1, 0.15) is 20.7 Å². The van der Waals surface area contributed by atoms with Crippen LogP contribution in [0.15, 0.2) is 30.3 Å². The van der Waals surface area contributed by atoms with Crippen LogP contribution in [0.5, 0.6) is 23.0 Å². The molecule has 144 valence electrons. The molecule has 0 saturated carbocycles. The Labute approximate surface area is 156 Å². The largest absolute Gasteiger partial charge is 0.496 e. The van der Waals surface area contributed by atoms with Gasteiger partial charge >= 0.3 is 5.97 Å². The van der Waals surface area contributed by atoms with Crippen molar-refractivity contribution in [2.45, 2.75) is 0 Å². The zero-order valence-corrected chi connectivity index (χ0v) is 15.7. The number of methoxy groups -OCH3 is 5. The molecule has 0 saturated heterocycles. The Morgan fingerprint density at radius 2 is 1.30 bits per heavy atom. The first-order valence-electron chi connectivity index (χ1n) is 7.87. The standard InChI is InChI=1S/C19H21NO7/c1-23-13-7-6-8-14(24-2)17(13)18(21)20-12-10-16(26-4)15(25-3)9-11(12)19(22)27-5/h6-10H,1-5H3,(H,20,21). The van der Waals surface area contributed by atoms with Crippen LogP contribution in [-0.2, 0) is 4.74 Å². The molecule has 0 atom stereocenters. The van der Waals surface area contributed by atoms with Crippen LogP contribution in [0.4, 0.5) is 5.69 Å². The Balaban J connectivity index is 2.53. The summed E-state index contributed by atoms with van der Waals surface area (Å²) >= 11 is 0. The van der Waals surface area contributed by atoms with Gasteiger partial charge in [0.05, 0.1) is 46.8 Å². The molecule has 0 unspecified atom stereocenters. The van der Waals surface area contributed by atoms with Crippen LogP contribution < -0.4 is 24.3 Å². The molecule has 0 heterocycles. The van der Waals surface area contributed by atoms with Gasteiger partial charge in [-0.2, -0.15) is 0 Å². The summed E-state index contributed by atoms with van der Waals surface area (Å²) in [4.78, 5) is 25.0. The molecule has 1 N–H and O–H groups in total. The molecule has 2 aromatic rings. The summed E-state index contributed by atoms with van der Waals surface area (Å²) in [5, 5.41) is 2.68. The van der Waals surface area contributed by atoms with Crippen molar-refractivity contribution in [2.24, 2.45) is 0 Å². The fourth-order valence-corrected chi connectivity index (χ4v) is 2.52. The average molecular weight is 375 g/mol. The molecule has 8 heteroatoms. The number of nitrogens with one attached hydrogen (secondary N) is 1. The number of carbonyl (C=O) groups is 2. The van der Waals surface area contributed by atoms with E-state index < -0.39 is 11.9 Å². The molecule has 2 aromatic carbocycles. The molecule has 0 aliphatic rings. The smallest absolute Gasteiger partial charge is 0.340 e. The first kappa shape index (κ1) is 19.9. The SMILES string of the molecule is COC(=O)c1cc(OC)c(OC)cc1NC(=O)c1c(OC)cccc1OC. The van der Waals surface area contributed by atoms with E-state index in [4.69, 9.17) is 23.7 Å². The molecule has 0 radical (unpaired) electrons. The summed E-state index contributed by atoms with van der Waals surface area (Å²) in [5.74, 6) is 0.150. The number of hydrogen-bond acceptors (Lipinski definition) is 7. The highest BCUT2D eigenvalue weighted by Gasteiger charge is 2.23. The third-order valence-electron chi connectivity index (χ3n) is 3.83. The average Bonchev–Trinajstić information content (AvgIpc) is 2.71. The Kier molecular flexibility index (Phi) is 6.48. The van der Waals surface area contributed by atoms with Crippen LogP contribution in [0.2, 0.25) is 0 Å². The van der Waals surface area contributed by atoms with Gasteiger partial charge in [0.1, 0.15) is 17.1 Å². The lowest BCUT2D eigenvalue weighted by atomic mass is 10.1. The maximum absolute atomic E-state index is 12.9. The van der Waals surface area contributed by atoms with Crippen molar-refractivity contribution >= 4 is 17.6 Å². The number of amides is 1. The zero-order valence-electron chi connectivity index (χ0n) is 15.7. The molecular formula is C19H21NO7. The second kappa shape index (κ2) is 8.79. The minimum atomic E-state index is -0.641. The summed E-state index contributed by atoms with van der Waals surface area (Å²) in [7, 11) is 7.03. The molecule has 27 heavy (non-hydrogen) atoms. The van der Waals surface area contributed by atoms with Crippen LogP contribution in [0, 0.1) is 0 Å². The molecule has 0 aromatic heterocycles. The van der Waals surface area contributed by atoms with Gasteiger partial charge in [-0.25, -0.2) is 4.79 Å². The summed E-state index contributed by atoms with van der Waals surface area (Å²) < 4.78 is 25.7. The fourth-order valence-electron chi connectivity index (χ4n) is 2.52. The van der Waals surface area contributed by atoms with Crippen molar-refractivity contribution in [3.05, 3.63) is 41.5 Å². The predicted octanol–water partition coefficient (Wildman–Crippen LogP) is 2.76. The van der Waals surface area contributed by atoms with Crippen molar-refractivity contribution < 1.29 is 33.3 Å². The van der Waals surface area contributed by atoms with Gasteiger partial charge in [-0.05, 0) is 12.1 Å². The molecule has 2 rings (SSSR count). The number of esters is 1. The third-order valence-corrected chi connectivity index (χ3v) is 3.83. The fraction of sp³-hybridized carbons (Fsp3) is 0.263. The Morgan fingerprint density at radius 1 is 0.778 bits per heavy atom. The van der Waals surface area contributed by atoms with Crippen molar-refractivity contribution in [1.29, 1.82) is 0 Å². The van der Waals surface area contributed by atoms with E-state index >= 15 is 0 Å². The lowest BCUT2D eigenvalue weighted by Gasteiger charge is -2.16. The highest BCUT2D eigenvalue weighted by molar-refractivity contribution is 6.11. The van der Waals surface area contributed by atoms with Gasteiger partial charge in [0.2, 0.25) is 0 Å². The number of benzene rings is 2. The van der Waals surface area contributed by atoms with Gasteiger partial charge in [-0.1, -0.05) is 6.07 Å². The monoisotopic (exact) mass is 375 g/mol. The van der Waals surface area contributed by atoms with Crippen molar-refractivity contribution in [1.82, 2.24) is 0 Å². The number of ether oxygens (including phenoxy) is 5. The second-order valence-corrected chi connectivity index (χ2v) is 5.24. The lowest BCUT2D eigenvalue weighted by Crippen LogP contribution is -2.17. The minimum Gasteiger partial charge on any atom is -0.496 e. The van der Waals surface area contributed by atoms with E-state index in [1.54, 1.807) is 18.2 Å². The van der Waals surface area contributed by atoms with E-state index in [-0.39, 0.29) is 16.8 Å². The highest BCUT2D eigenvalue weighted by Crippen LogP contribution is 2.35. The normalized spacial score (nSPS) is 9.96. The van der Waals surface area contributed by atoms with E-state index in [1.807, 2.05) is 0 Å². The van der Waals surface area contributed by atoms with Gasteiger partial charge in [0.15, 0.2) is 11.5 Å². The van der Waals surface area contributed by atoms with Crippen LogP contribution in [0.3, 0.4) is 0 Å². The van der Waals surface area contributed by atoms with E-state index in [2.05, 4.69) is 5.32 Å². The summed E-state index contributed by atoms with van der Waals surface area (Å²) in [6, 6.07) is 7.87. The number of carbonyl (C=O) groups excluding carboxylic acids is 2. The maximum atomic E-state index is 12.9. The molecule has 0 aliphatic carbocycles. The van der Waals surface area contributed by atoms with Gasteiger partial charge in [0.25, 0.3) is 5.91 Å².